The first-order valence-corrected chi connectivity index (χ1v) is 18.5. The molecule has 266 valence electrons. The fraction of sp³-hybridized carbons (Fsp3) is 0.0400. The van der Waals surface area contributed by atoms with Gasteiger partial charge in [0.15, 0.2) is 0 Å². The van der Waals surface area contributed by atoms with Gasteiger partial charge in [0.1, 0.15) is 11.6 Å². The van der Waals surface area contributed by atoms with Crippen molar-refractivity contribution in [2.75, 3.05) is 0 Å². The lowest BCUT2D eigenvalue weighted by Crippen LogP contribution is -1.99. The number of halogens is 2. The van der Waals surface area contributed by atoms with Gasteiger partial charge < -0.3 is 0 Å². The highest BCUT2D eigenvalue weighted by Crippen LogP contribution is 2.46. The van der Waals surface area contributed by atoms with Crippen LogP contribution in [0.5, 0.6) is 0 Å². The van der Waals surface area contributed by atoms with Gasteiger partial charge in [-0.1, -0.05) is 42.5 Å². The zero-order valence-corrected chi connectivity index (χ0v) is 30.6. The van der Waals surface area contributed by atoms with Gasteiger partial charge in [0.05, 0.1) is 22.4 Å². The Balaban J connectivity index is 1.30. The average Bonchev–Trinajstić information content (AvgIpc) is 3.25. The summed E-state index contributed by atoms with van der Waals surface area (Å²) in [5, 5.41) is 6.14. The number of pyridine rings is 4. The summed E-state index contributed by atoms with van der Waals surface area (Å²) >= 11 is 0. The quantitative estimate of drug-likeness (QED) is 0.131. The highest BCUT2D eigenvalue weighted by molar-refractivity contribution is 6.25. The van der Waals surface area contributed by atoms with Crippen LogP contribution in [0.4, 0.5) is 8.78 Å². The minimum absolute atomic E-state index is 0.299. The molecule has 0 atom stereocenters. The first kappa shape index (κ1) is 33.4. The van der Waals surface area contributed by atoms with Crippen LogP contribution in [0.25, 0.3) is 99.2 Å². The number of rotatable bonds is 5. The van der Waals surface area contributed by atoms with Crippen LogP contribution in [-0.2, 0) is 0 Å². The van der Waals surface area contributed by atoms with Crippen molar-refractivity contribution in [3.8, 4) is 55.9 Å². The smallest absolute Gasteiger partial charge is 0.123 e. The SMILES string of the molecule is Cc1c2c(-c3ccc(F)cc3)nc3cc(-c4cc(-c5cccnc5)cc(-c5cccnc5)c4)ccc3c2c(C)c2c(-c3ccc(F)cc3)nc3ccccc3c12. The Morgan fingerprint density at radius 1 is 0.375 bits per heavy atom. The molecule has 0 spiro atoms. The van der Waals surface area contributed by atoms with E-state index in [1.54, 1.807) is 36.7 Å². The maximum absolute atomic E-state index is 14.4. The van der Waals surface area contributed by atoms with Gasteiger partial charge in [0.25, 0.3) is 0 Å². The number of nitrogens with zero attached hydrogens (tertiary/aromatic N) is 4. The predicted octanol–water partition coefficient (Wildman–Crippen LogP) is 13.1. The van der Waals surface area contributed by atoms with Crippen molar-refractivity contribution in [3.63, 3.8) is 0 Å². The second-order valence-corrected chi connectivity index (χ2v) is 14.2. The van der Waals surface area contributed by atoms with Gasteiger partial charge in [-0.3, -0.25) is 9.97 Å². The second-order valence-electron chi connectivity index (χ2n) is 14.2. The van der Waals surface area contributed by atoms with Crippen LogP contribution in [0, 0.1) is 25.5 Å². The molecule has 6 aromatic carbocycles. The molecule has 0 N–H and O–H groups in total. The second kappa shape index (κ2) is 13.3. The topological polar surface area (TPSA) is 51.6 Å². The van der Waals surface area contributed by atoms with Crippen molar-refractivity contribution in [2.45, 2.75) is 13.8 Å². The Hall–Kier alpha value is -7.18. The number of hydrogen-bond acceptors (Lipinski definition) is 4. The van der Waals surface area contributed by atoms with E-state index in [9.17, 15) is 8.78 Å². The average molecular weight is 727 g/mol. The third-order valence-electron chi connectivity index (χ3n) is 10.9. The minimum Gasteiger partial charge on any atom is -0.264 e. The molecule has 4 heterocycles. The fourth-order valence-corrected chi connectivity index (χ4v) is 8.24. The van der Waals surface area contributed by atoms with E-state index in [4.69, 9.17) is 9.97 Å². The predicted molar refractivity (Wildman–Crippen MR) is 224 cm³/mol. The minimum atomic E-state index is -0.307. The number of aromatic nitrogens is 4. The van der Waals surface area contributed by atoms with Gasteiger partial charge in [-0.15, -0.1) is 0 Å². The van der Waals surface area contributed by atoms with E-state index in [1.807, 2.05) is 42.7 Å². The number of benzene rings is 6. The molecule has 0 aliphatic carbocycles. The maximum atomic E-state index is 14.4. The molecule has 6 heteroatoms. The summed E-state index contributed by atoms with van der Waals surface area (Å²) < 4.78 is 28.7. The van der Waals surface area contributed by atoms with Gasteiger partial charge in [0.2, 0.25) is 0 Å². The van der Waals surface area contributed by atoms with Gasteiger partial charge in [-0.05, 0) is 149 Å². The van der Waals surface area contributed by atoms with Gasteiger partial charge >= 0.3 is 0 Å². The van der Waals surface area contributed by atoms with E-state index >= 15 is 0 Å². The summed E-state index contributed by atoms with van der Waals surface area (Å²) in [4.78, 5) is 19.4. The number of aryl methyl sites for hydroxylation is 2. The Labute approximate surface area is 321 Å². The third-order valence-corrected chi connectivity index (χ3v) is 10.9. The zero-order valence-electron chi connectivity index (χ0n) is 30.6. The molecule has 4 nitrogen and oxygen atoms in total. The molecule has 0 saturated heterocycles. The molecule has 4 aromatic heterocycles. The van der Waals surface area contributed by atoms with E-state index in [0.29, 0.717) is 0 Å². The van der Waals surface area contributed by atoms with E-state index in [0.717, 1.165) is 110 Å². The van der Waals surface area contributed by atoms with Crippen molar-refractivity contribution >= 4 is 43.4 Å². The lowest BCUT2D eigenvalue weighted by molar-refractivity contribution is 0.627. The van der Waals surface area contributed by atoms with E-state index in [2.05, 4.69) is 78.4 Å². The molecule has 0 saturated carbocycles. The maximum Gasteiger partial charge on any atom is 0.123 e. The Morgan fingerprint density at radius 2 is 0.839 bits per heavy atom. The van der Waals surface area contributed by atoms with Crippen molar-refractivity contribution in [1.29, 1.82) is 0 Å². The molecule has 0 aliphatic rings. The van der Waals surface area contributed by atoms with E-state index in [1.165, 1.54) is 24.3 Å². The van der Waals surface area contributed by atoms with Crippen LogP contribution < -0.4 is 0 Å². The third kappa shape index (κ3) is 5.57. The van der Waals surface area contributed by atoms with E-state index in [-0.39, 0.29) is 11.6 Å². The van der Waals surface area contributed by atoms with E-state index < -0.39 is 0 Å². The first-order valence-electron chi connectivity index (χ1n) is 18.5. The molecule has 10 aromatic rings. The van der Waals surface area contributed by atoms with Gasteiger partial charge in [-0.25, -0.2) is 18.7 Å². The van der Waals surface area contributed by atoms with Crippen molar-refractivity contribution < 1.29 is 8.78 Å². The summed E-state index contributed by atoms with van der Waals surface area (Å²) in [5.74, 6) is -0.606. The van der Waals surface area contributed by atoms with Crippen LogP contribution in [0.2, 0.25) is 0 Å². The van der Waals surface area contributed by atoms with Crippen LogP contribution >= 0.6 is 0 Å². The molecule has 56 heavy (non-hydrogen) atoms. The molecule has 0 fully saturated rings. The first-order chi connectivity index (χ1) is 27.4. The number of fused-ring (bicyclic) bond motifs is 6. The summed E-state index contributed by atoms with van der Waals surface area (Å²) in [6.45, 7) is 4.29. The molecule has 0 bridgehead atoms. The highest BCUT2D eigenvalue weighted by atomic mass is 19.1. The molecule has 0 aliphatic heterocycles. The van der Waals surface area contributed by atoms with Crippen LogP contribution in [0.15, 0.2) is 158 Å². The summed E-state index contributed by atoms with van der Waals surface area (Å²) in [6.07, 6.45) is 7.31. The largest absolute Gasteiger partial charge is 0.264 e. The lowest BCUT2D eigenvalue weighted by atomic mass is 9.85. The molecular weight excluding hydrogens is 695 g/mol. The molecule has 0 radical (unpaired) electrons. The monoisotopic (exact) mass is 726 g/mol. The van der Waals surface area contributed by atoms with Gasteiger partial charge in [-0.2, -0.15) is 0 Å². The standard InChI is InChI=1S/C50H32F2N4/c1-29-45-41-9-3-4-10-43(41)55-49(31-11-16-39(51)17-12-31)47(45)30(2)46-42-20-15-33(26-44(42)56-50(48(29)46)32-13-18-40(52)19-14-32)36-23-37(34-7-5-21-53-27-34)25-38(24-36)35-8-6-22-54-28-35/h3-28H,1-2H3. The van der Waals surface area contributed by atoms with Crippen LogP contribution in [0.1, 0.15) is 11.1 Å². The van der Waals surface area contributed by atoms with Crippen molar-refractivity contribution in [1.82, 2.24) is 19.9 Å². The molecule has 10 rings (SSSR count). The van der Waals surface area contributed by atoms with Crippen LogP contribution in [-0.4, -0.2) is 19.9 Å². The Bertz CT molecular complexity index is 3090. The summed E-state index contributed by atoms with van der Waals surface area (Å²) in [7, 11) is 0. The number of para-hydroxylation sites is 1. The van der Waals surface area contributed by atoms with Crippen LogP contribution in [0.3, 0.4) is 0 Å². The zero-order chi connectivity index (χ0) is 37.9. The Kier molecular flexibility index (Phi) is 7.92. The Morgan fingerprint density at radius 3 is 1.36 bits per heavy atom. The van der Waals surface area contributed by atoms with Crippen molar-refractivity contribution in [3.05, 3.63) is 181 Å². The molecule has 0 amide bonds. The molecular formula is C50H32F2N4. The number of hydrogen-bond donors (Lipinski definition) is 0. The summed E-state index contributed by atoms with van der Waals surface area (Å²) in [5.41, 5.74) is 13.1. The highest BCUT2D eigenvalue weighted by Gasteiger charge is 2.23. The molecule has 0 unspecified atom stereocenters. The fourth-order valence-electron chi connectivity index (χ4n) is 8.24. The normalized spacial score (nSPS) is 11.6. The van der Waals surface area contributed by atoms with Gasteiger partial charge in [0, 0.05) is 68.6 Å². The summed E-state index contributed by atoms with van der Waals surface area (Å²) in [6, 6.07) is 42.3. The van der Waals surface area contributed by atoms with Crippen molar-refractivity contribution in [2.24, 2.45) is 0 Å². The lowest BCUT2D eigenvalue weighted by Gasteiger charge is -2.21.